The highest BCUT2D eigenvalue weighted by Gasteiger charge is 2.12. The Balaban J connectivity index is 2.61. The molecule has 5 heteroatoms. The minimum atomic E-state index is 0.496. The molecule has 18 heavy (non-hydrogen) atoms. The van der Waals surface area contributed by atoms with E-state index in [2.05, 4.69) is 9.97 Å². The average Bonchev–Trinajstić information content (AvgIpc) is 2.32. The molecule has 2 N–H and O–H groups in total. The van der Waals surface area contributed by atoms with Gasteiger partial charge in [0.25, 0.3) is 0 Å². The third kappa shape index (κ3) is 2.42. The van der Waals surface area contributed by atoms with Gasteiger partial charge in [-0.15, -0.1) is 0 Å². The highest BCUT2D eigenvalue weighted by Crippen LogP contribution is 2.29. The van der Waals surface area contributed by atoms with Gasteiger partial charge in [0.1, 0.15) is 5.82 Å². The molecular formula is C13H13Cl2N3. The number of hydrogen-bond donors (Lipinski definition) is 1. The Labute approximate surface area is 116 Å². The van der Waals surface area contributed by atoms with Crippen LogP contribution in [0.3, 0.4) is 0 Å². The molecule has 94 valence electrons. The maximum absolute atomic E-state index is 6.13. The van der Waals surface area contributed by atoms with Crippen molar-refractivity contribution in [1.29, 1.82) is 0 Å². The van der Waals surface area contributed by atoms with E-state index in [1.807, 2.05) is 13.8 Å². The minimum Gasteiger partial charge on any atom is -0.383 e. The van der Waals surface area contributed by atoms with Gasteiger partial charge in [0.15, 0.2) is 5.82 Å². The predicted molar refractivity (Wildman–Crippen MR) is 76.0 cm³/mol. The Morgan fingerprint density at radius 2 is 1.94 bits per heavy atom. The average molecular weight is 282 g/mol. The summed E-state index contributed by atoms with van der Waals surface area (Å²) in [5.41, 5.74) is 8.47. The minimum absolute atomic E-state index is 0.496. The lowest BCUT2D eigenvalue weighted by Crippen LogP contribution is -2.04. The van der Waals surface area contributed by atoms with Crippen LogP contribution in [0.1, 0.15) is 18.2 Å². The molecule has 0 aliphatic rings. The zero-order valence-corrected chi connectivity index (χ0v) is 11.7. The Morgan fingerprint density at radius 1 is 1.22 bits per heavy atom. The lowest BCUT2D eigenvalue weighted by molar-refractivity contribution is 1.01. The van der Waals surface area contributed by atoms with Crippen LogP contribution in [0.4, 0.5) is 5.82 Å². The Bertz CT molecular complexity index is 574. The first-order valence-corrected chi connectivity index (χ1v) is 6.37. The van der Waals surface area contributed by atoms with Crippen LogP contribution in [0.5, 0.6) is 0 Å². The van der Waals surface area contributed by atoms with Crippen molar-refractivity contribution in [1.82, 2.24) is 9.97 Å². The number of anilines is 1. The number of hydrogen-bond acceptors (Lipinski definition) is 3. The van der Waals surface area contributed by atoms with Gasteiger partial charge in [-0.05, 0) is 31.5 Å². The first-order valence-electron chi connectivity index (χ1n) is 5.61. The van der Waals surface area contributed by atoms with Gasteiger partial charge in [0, 0.05) is 21.8 Å². The summed E-state index contributed by atoms with van der Waals surface area (Å²) < 4.78 is 0. The molecule has 0 spiro atoms. The van der Waals surface area contributed by atoms with Crippen LogP contribution < -0.4 is 5.73 Å². The monoisotopic (exact) mass is 281 g/mol. The highest BCUT2D eigenvalue weighted by molar-refractivity contribution is 6.35. The third-order valence-electron chi connectivity index (χ3n) is 2.77. The topological polar surface area (TPSA) is 51.8 Å². The fraction of sp³-hybridized carbons (Fsp3) is 0.231. The molecule has 0 aliphatic heterocycles. The highest BCUT2D eigenvalue weighted by atomic mass is 35.5. The van der Waals surface area contributed by atoms with Crippen LogP contribution in [0.2, 0.25) is 10.0 Å². The summed E-state index contributed by atoms with van der Waals surface area (Å²) in [6, 6.07) is 5.19. The zero-order chi connectivity index (χ0) is 13.3. The molecule has 0 atom stereocenters. The van der Waals surface area contributed by atoms with Gasteiger partial charge < -0.3 is 5.73 Å². The number of rotatable bonds is 2. The molecule has 1 heterocycles. The number of halogens is 2. The van der Waals surface area contributed by atoms with Crippen molar-refractivity contribution >= 4 is 29.0 Å². The van der Waals surface area contributed by atoms with E-state index < -0.39 is 0 Å². The van der Waals surface area contributed by atoms with Gasteiger partial charge in [-0.3, -0.25) is 0 Å². The van der Waals surface area contributed by atoms with E-state index in [0.29, 0.717) is 27.3 Å². The van der Waals surface area contributed by atoms with Gasteiger partial charge in [0.2, 0.25) is 0 Å². The quantitative estimate of drug-likeness (QED) is 0.908. The number of nitrogen functional groups attached to an aromatic ring is 1. The van der Waals surface area contributed by atoms with Crippen molar-refractivity contribution in [2.24, 2.45) is 0 Å². The Hall–Kier alpha value is -1.32. The predicted octanol–water partition coefficient (Wildman–Crippen LogP) is 3.90. The van der Waals surface area contributed by atoms with Gasteiger partial charge in [-0.25, -0.2) is 9.97 Å². The lowest BCUT2D eigenvalue weighted by Gasteiger charge is -2.10. The van der Waals surface area contributed by atoms with Crippen LogP contribution in [0.25, 0.3) is 11.4 Å². The van der Waals surface area contributed by atoms with Crippen molar-refractivity contribution < 1.29 is 0 Å². The lowest BCUT2D eigenvalue weighted by atomic mass is 10.1. The molecule has 0 radical (unpaired) electrons. The summed E-state index contributed by atoms with van der Waals surface area (Å²) in [6.07, 6.45) is 0.807. The molecular weight excluding hydrogens is 269 g/mol. The van der Waals surface area contributed by atoms with E-state index in [0.717, 1.165) is 17.7 Å². The van der Waals surface area contributed by atoms with Crippen LogP contribution in [-0.4, -0.2) is 9.97 Å². The van der Waals surface area contributed by atoms with Gasteiger partial charge in [0.05, 0.1) is 5.02 Å². The van der Waals surface area contributed by atoms with E-state index in [-0.39, 0.29) is 0 Å². The number of aromatic nitrogens is 2. The fourth-order valence-electron chi connectivity index (χ4n) is 1.84. The third-order valence-corrected chi connectivity index (χ3v) is 3.33. The van der Waals surface area contributed by atoms with Gasteiger partial charge in [-0.1, -0.05) is 30.1 Å². The van der Waals surface area contributed by atoms with E-state index in [4.69, 9.17) is 28.9 Å². The van der Waals surface area contributed by atoms with E-state index in [1.54, 1.807) is 18.2 Å². The molecule has 2 rings (SSSR count). The molecule has 2 aromatic rings. The fourth-order valence-corrected chi connectivity index (χ4v) is 2.22. The van der Waals surface area contributed by atoms with Crippen molar-refractivity contribution in [3.63, 3.8) is 0 Å². The normalized spacial score (nSPS) is 10.7. The van der Waals surface area contributed by atoms with E-state index in [9.17, 15) is 0 Å². The first kappa shape index (κ1) is 13.1. The second kappa shape index (κ2) is 5.12. The number of nitrogens with zero attached hydrogens (tertiary/aromatic N) is 2. The molecule has 1 aromatic carbocycles. The summed E-state index contributed by atoms with van der Waals surface area (Å²) in [7, 11) is 0. The standard InChI is InChI=1S/C13H13Cl2N3/c1-3-9-7(2)17-13(18-12(9)16)10-6-8(14)4-5-11(10)15/h4-6H,3H2,1-2H3,(H2,16,17,18). The molecule has 3 nitrogen and oxygen atoms in total. The molecule has 0 saturated carbocycles. The van der Waals surface area contributed by atoms with Crippen LogP contribution in [-0.2, 0) is 6.42 Å². The van der Waals surface area contributed by atoms with Crippen molar-refractivity contribution in [3.05, 3.63) is 39.5 Å². The van der Waals surface area contributed by atoms with Crippen LogP contribution >= 0.6 is 23.2 Å². The summed E-state index contributed by atoms with van der Waals surface area (Å²) in [5.74, 6) is 1.01. The van der Waals surface area contributed by atoms with Crippen LogP contribution in [0, 0.1) is 6.92 Å². The van der Waals surface area contributed by atoms with E-state index >= 15 is 0 Å². The molecule has 0 aliphatic carbocycles. The summed E-state index contributed by atoms with van der Waals surface area (Å²) in [5, 5.41) is 1.15. The van der Waals surface area contributed by atoms with Crippen molar-refractivity contribution in [2.75, 3.05) is 5.73 Å². The second-order valence-electron chi connectivity index (χ2n) is 3.97. The number of benzene rings is 1. The second-order valence-corrected chi connectivity index (χ2v) is 4.82. The van der Waals surface area contributed by atoms with Gasteiger partial charge in [-0.2, -0.15) is 0 Å². The van der Waals surface area contributed by atoms with Crippen molar-refractivity contribution in [3.8, 4) is 11.4 Å². The van der Waals surface area contributed by atoms with E-state index in [1.165, 1.54) is 0 Å². The number of aryl methyl sites for hydroxylation is 1. The smallest absolute Gasteiger partial charge is 0.163 e. The summed E-state index contributed by atoms with van der Waals surface area (Å²) in [6.45, 7) is 3.94. The largest absolute Gasteiger partial charge is 0.383 e. The molecule has 0 bridgehead atoms. The first-order chi connectivity index (χ1) is 8.52. The maximum atomic E-state index is 6.13. The molecule has 0 amide bonds. The van der Waals surface area contributed by atoms with Crippen molar-refractivity contribution in [2.45, 2.75) is 20.3 Å². The summed E-state index contributed by atoms with van der Waals surface area (Å²) in [4.78, 5) is 8.74. The molecule has 0 saturated heterocycles. The molecule has 0 fully saturated rings. The molecule has 1 aromatic heterocycles. The Kier molecular flexibility index (Phi) is 3.73. The maximum Gasteiger partial charge on any atom is 0.163 e. The van der Waals surface area contributed by atoms with Crippen LogP contribution in [0.15, 0.2) is 18.2 Å². The summed E-state index contributed by atoms with van der Waals surface area (Å²) >= 11 is 12.1. The SMILES string of the molecule is CCc1c(C)nc(-c2cc(Cl)ccc2Cl)nc1N. The van der Waals surface area contributed by atoms with Gasteiger partial charge >= 0.3 is 0 Å². The molecule has 0 unspecified atom stereocenters. The zero-order valence-electron chi connectivity index (χ0n) is 10.2. The Morgan fingerprint density at radius 3 is 2.56 bits per heavy atom. The number of nitrogens with two attached hydrogens (primary N) is 1.